The van der Waals surface area contributed by atoms with Crippen LogP contribution in [0.25, 0.3) is 10.9 Å². The third-order valence-electron chi connectivity index (χ3n) is 2.66. The Morgan fingerprint density at radius 3 is 3.06 bits per heavy atom. The van der Waals surface area contributed by atoms with Crippen molar-refractivity contribution in [3.63, 3.8) is 0 Å². The monoisotopic (exact) mass is 231 g/mol. The van der Waals surface area contributed by atoms with Gasteiger partial charge < -0.3 is 5.32 Å². The van der Waals surface area contributed by atoms with Crippen molar-refractivity contribution < 1.29 is 4.79 Å². The number of carbonyl (C=O) groups excluding carboxylic acids is 1. The lowest BCUT2D eigenvalue weighted by atomic mass is 10.2. The summed E-state index contributed by atoms with van der Waals surface area (Å²) in [5.41, 5.74) is 1.78. The first-order chi connectivity index (χ1) is 8.19. The first-order valence-corrected chi connectivity index (χ1v) is 5.92. The molecule has 1 aromatic heterocycles. The molecule has 0 aliphatic carbocycles. The van der Waals surface area contributed by atoms with E-state index in [2.05, 4.69) is 17.3 Å². The Kier molecular flexibility index (Phi) is 3.42. The number of anilines is 1. The number of aryl methyl sites for hydroxylation is 1. The van der Waals surface area contributed by atoms with Gasteiger partial charge in [0.1, 0.15) is 0 Å². The van der Waals surface area contributed by atoms with Crippen molar-refractivity contribution >= 4 is 22.5 Å². The predicted molar refractivity (Wildman–Crippen MR) is 68.9 cm³/mol. The standard InChI is InChI=1S/C13H17N3O/c1-3-4-5-13(17)14-11-6-7-12-10(8-11)9-16(2)15-12/h6-9H,3-5H2,1-2H3,(H,14,17). The number of rotatable bonds is 4. The maximum absolute atomic E-state index is 11.6. The summed E-state index contributed by atoms with van der Waals surface area (Å²) < 4.78 is 1.77. The van der Waals surface area contributed by atoms with Crippen molar-refractivity contribution in [3.05, 3.63) is 24.4 Å². The summed E-state index contributed by atoms with van der Waals surface area (Å²) in [6.45, 7) is 2.08. The number of fused-ring (bicyclic) bond motifs is 1. The van der Waals surface area contributed by atoms with Crippen LogP contribution in [0, 0.1) is 0 Å². The Bertz CT molecular complexity index is 530. The second-order valence-corrected chi connectivity index (χ2v) is 4.23. The number of hydrogen-bond donors (Lipinski definition) is 1. The third kappa shape index (κ3) is 2.84. The van der Waals surface area contributed by atoms with Crippen molar-refractivity contribution in [1.29, 1.82) is 0 Å². The van der Waals surface area contributed by atoms with Crippen molar-refractivity contribution in [3.8, 4) is 0 Å². The Labute approximate surface area is 101 Å². The molecule has 0 spiro atoms. The van der Waals surface area contributed by atoms with E-state index in [1.807, 2.05) is 31.4 Å². The second-order valence-electron chi connectivity index (χ2n) is 4.23. The van der Waals surface area contributed by atoms with Gasteiger partial charge in [-0.25, -0.2) is 0 Å². The summed E-state index contributed by atoms with van der Waals surface area (Å²) in [5.74, 6) is 0.0788. The minimum atomic E-state index is 0.0788. The number of amides is 1. The summed E-state index contributed by atoms with van der Waals surface area (Å²) in [5, 5.41) is 8.23. The van der Waals surface area contributed by atoms with Crippen LogP contribution in [0.3, 0.4) is 0 Å². The molecule has 90 valence electrons. The van der Waals surface area contributed by atoms with E-state index in [9.17, 15) is 4.79 Å². The second kappa shape index (κ2) is 4.99. The van der Waals surface area contributed by atoms with Crippen molar-refractivity contribution in [2.45, 2.75) is 26.2 Å². The average molecular weight is 231 g/mol. The molecule has 0 aliphatic heterocycles. The zero-order valence-corrected chi connectivity index (χ0v) is 10.2. The smallest absolute Gasteiger partial charge is 0.224 e. The highest BCUT2D eigenvalue weighted by Gasteiger charge is 2.03. The molecule has 0 unspecified atom stereocenters. The molecule has 0 aliphatic rings. The summed E-state index contributed by atoms with van der Waals surface area (Å²) in [7, 11) is 1.89. The van der Waals surface area contributed by atoms with E-state index >= 15 is 0 Å². The van der Waals surface area contributed by atoms with Gasteiger partial charge in [0.05, 0.1) is 5.52 Å². The Balaban J connectivity index is 2.10. The molecule has 0 radical (unpaired) electrons. The van der Waals surface area contributed by atoms with Crippen LogP contribution in [0.15, 0.2) is 24.4 Å². The number of carbonyl (C=O) groups is 1. The molecule has 0 fully saturated rings. The van der Waals surface area contributed by atoms with Gasteiger partial charge in [0, 0.05) is 30.7 Å². The van der Waals surface area contributed by atoms with Crippen LogP contribution in [0.5, 0.6) is 0 Å². The molecular weight excluding hydrogens is 214 g/mol. The van der Waals surface area contributed by atoms with Gasteiger partial charge in [-0.3, -0.25) is 9.48 Å². The van der Waals surface area contributed by atoms with E-state index in [4.69, 9.17) is 0 Å². The normalized spacial score (nSPS) is 10.7. The van der Waals surface area contributed by atoms with Crippen LogP contribution in [0.2, 0.25) is 0 Å². The summed E-state index contributed by atoms with van der Waals surface area (Å²) in [6.07, 6.45) is 4.49. The maximum atomic E-state index is 11.6. The molecule has 0 saturated carbocycles. The van der Waals surface area contributed by atoms with Crippen molar-refractivity contribution in [2.24, 2.45) is 7.05 Å². The van der Waals surface area contributed by atoms with E-state index in [0.29, 0.717) is 6.42 Å². The Hall–Kier alpha value is -1.84. The predicted octanol–water partition coefficient (Wildman–Crippen LogP) is 2.70. The fourth-order valence-corrected chi connectivity index (χ4v) is 1.79. The Morgan fingerprint density at radius 1 is 1.47 bits per heavy atom. The SMILES string of the molecule is CCCCC(=O)Nc1ccc2nn(C)cc2c1. The summed E-state index contributed by atoms with van der Waals surface area (Å²) in [4.78, 5) is 11.6. The van der Waals surface area contributed by atoms with Crippen LogP contribution in [0.4, 0.5) is 5.69 Å². The van der Waals surface area contributed by atoms with E-state index < -0.39 is 0 Å². The maximum Gasteiger partial charge on any atom is 0.224 e. The highest BCUT2D eigenvalue weighted by Crippen LogP contribution is 2.17. The van der Waals surface area contributed by atoms with Gasteiger partial charge in [-0.05, 0) is 24.6 Å². The van der Waals surface area contributed by atoms with E-state index in [1.165, 1.54) is 0 Å². The largest absolute Gasteiger partial charge is 0.326 e. The van der Waals surface area contributed by atoms with Crippen LogP contribution >= 0.6 is 0 Å². The van der Waals surface area contributed by atoms with Gasteiger partial charge in [-0.2, -0.15) is 5.10 Å². The van der Waals surface area contributed by atoms with Crippen LogP contribution in [0.1, 0.15) is 26.2 Å². The molecule has 0 saturated heterocycles. The average Bonchev–Trinajstić information content (AvgIpc) is 2.65. The van der Waals surface area contributed by atoms with E-state index in [0.717, 1.165) is 29.4 Å². The molecule has 2 rings (SSSR count). The fraction of sp³-hybridized carbons (Fsp3) is 0.385. The van der Waals surface area contributed by atoms with Crippen LogP contribution < -0.4 is 5.32 Å². The topological polar surface area (TPSA) is 46.9 Å². The molecule has 0 atom stereocenters. The molecule has 0 bridgehead atoms. The molecule has 2 aromatic rings. The quantitative estimate of drug-likeness (QED) is 0.879. The summed E-state index contributed by atoms with van der Waals surface area (Å²) >= 11 is 0. The first kappa shape index (κ1) is 11.6. The molecule has 1 N–H and O–H groups in total. The van der Waals surface area contributed by atoms with E-state index in [1.54, 1.807) is 4.68 Å². The van der Waals surface area contributed by atoms with Crippen LogP contribution in [-0.4, -0.2) is 15.7 Å². The minimum Gasteiger partial charge on any atom is -0.326 e. The van der Waals surface area contributed by atoms with Gasteiger partial charge in [0.2, 0.25) is 5.91 Å². The van der Waals surface area contributed by atoms with Crippen molar-refractivity contribution in [1.82, 2.24) is 9.78 Å². The molecule has 1 amide bonds. The minimum absolute atomic E-state index is 0.0788. The number of nitrogens with zero attached hydrogens (tertiary/aromatic N) is 2. The number of aromatic nitrogens is 2. The number of unbranched alkanes of at least 4 members (excludes halogenated alkanes) is 1. The van der Waals surface area contributed by atoms with Gasteiger partial charge in [0.25, 0.3) is 0 Å². The molecule has 4 heteroatoms. The number of benzene rings is 1. The molecule has 1 heterocycles. The highest BCUT2D eigenvalue weighted by atomic mass is 16.1. The zero-order chi connectivity index (χ0) is 12.3. The first-order valence-electron chi connectivity index (χ1n) is 5.92. The van der Waals surface area contributed by atoms with Crippen molar-refractivity contribution in [2.75, 3.05) is 5.32 Å². The summed E-state index contributed by atoms with van der Waals surface area (Å²) in [6, 6.07) is 5.76. The highest BCUT2D eigenvalue weighted by molar-refractivity contribution is 5.93. The molecule has 1 aromatic carbocycles. The zero-order valence-electron chi connectivity index (χ0n) is 10.2. The number of hydrogen-bond acceptors (Lipinski definition) is 2. The lowest BCUT2D eigenvalue weighted by Gasteiger charge is -2.04. The molecular formula is C13H17N3O. The number of nitrogens with one attached hydrogen (secondary N) is 1. The Morgan fingerprint density at radius 2 is 2.29 bits per heavy atom. The lowest BCUT2D eigenvalue weighted by molar-refractivity contribution is -0.116. The van der Waals surface area contributed by atoms with Gasteiger partial charge in [-0.1, -0.05) is 13.3 Å². The fourth-order valence-electron chi connectivity index (χ4n) is 1.79. The van der Waals surface area contributed by atoms with Gasteiger partial charge in [0.15, 0.2) is 0 Å². The third-order valence-corrected chi connectivity index (χ3v) is 2.66. The van der Waals surface area contributed by atoms with E-state index in [-0.39, 0.29) is 5.91 Å². The molecule has 17 heavy (non-hydrogen) atoms. The van der Waals surface area contributed by atoms with Crippen LogP contribution in [-0.2, 0) is 11.8 Å². The van der Waals surface area contributed by atoms with Gasteiger partial charge in [-0.15, -0.1) is 0 Å². The molecule has 4 nitrogen and oxygen atoms in total. The lowest BCUT2D eigenvalue weighted by Crippen LogP contribution is -2.10. The van der Waals surface area contributed by atoms with Gasteiger partial charge >= 0.3 is 0 Å².